The summed E-state index contributed by atoms with van der Waals surface area (Å²) in [5.41, 5.74) is 1.48. The summed E-state index contributed by atoms with van der Waals surface area (Å²) in [6.45, 7) is 13.5. The van der Waals surface area contributed by atoms with Gasteiger partial charge >= 0.3 is 0 Å². The summed E-state index contributed by atoms with van der Waals surface area (Å²) in [7, 11) is 4.15. The first-order valence-corrected chi connectivity index (χ1v) is 8.48. The summed E-state index contributed by atoms with van der Waals surface area (Å²) >= 11 is 0. The Bertz CT molecular complexity index is 376. The van der Waals surface area contributed by atoms with Crippen LogP contribution in [0.25, 0.3) is 0 Å². The van der Waals surface area contributed by atoms with Crippen LogP contribution in [-0.2, 0) is 4.79 Å². The lowest BCUT2D eigenvalue weighted by molar-refractivity contribution is -0.126. The molecular formula is C18H35N3O. The Morgan fingerprint density at radius 2 is 1.86 bits per heavy atom. The zero-order chi connectivity index (χ0) is 16.8. The molecule has 1 fully saturated rings. The highest BCUT2D eigenvalue weighted by Crippen LogP contribution is 2.19. The van der Waals surface area contributed by atoms with Gasteiger partial charge in [-0.25, -0.2) is 0 Å². The Kier molecular flexibility index (Phi) is 7.57. The van der Waals surface area contributed by atoms with Crippen molar-refractivity contribution in [3.63, 3.8) is 0 Å². The number of nitrogens with zero attached hydrogens (tertiary/aromatic N) is 2. The van der Waals surface area contributed by atoms with Gasteiger partial charge in [-0.2, -0.15) is 0 Å². The Balaban J connectivity index is 2.32. The van der Waals surface area contributed by atoms with Crippen LogP contribution in [0.3, 0.4) is 0 Å². The Labute approximate surface area is 136 Å². The molecule has 4 nitrogen and oxygen atoms in total. The van der Waals surface area contributed by atoms with Crippen molar-refractivity contribution in [2.75, 3.05) is 46.8 Å². The van der Waals surface area contributed by atoms with Crippen LogP contribution in [0.4, 0.5) is 0 Å². The minimum Gasteiger partial charge on any atom is -0.355 e. The van der Waals surface area contributed by atoms with E-state index < -0.39 is 0 Å². The Morgan fingerprint density at radius 3 is 2.36 bits per heavy atom. The van der Waals surface area contributed by atoms with Gasteiger partial charge in [0.15, 0.2) is 0 Å². The normalized spacial score (nSPS) is 17.6. The predicted molar refractivity (Wildman–Crippen MR) is 93.9 cm³/mol. The molecule has 0 unspecified atom stereocenters. The number of carbonyl (C=O) groups excluding carboxylic acids is 1. The fourth-order valence-electron chi connectivity index (χ4n) is 3.07. The van der Waals surface area contributed by atoms with Gasteiger partial charge in [-0.1, -0.05) is 25.5 Å². The van der Waals surface area contributed by atoms with Crippen LogP contribution in [-0.4, -0.2) is 62.5 Å². The van der Waals surface area contributed by atoms with E-state index >= 15 is 0 Å². The van der Waals surface area contributed by atoms with E-state index in [1.54, 1.807) is 0 Å². The van der Waals surface area contributed by atoms with Crippen molar-refractivity contribution in [2.24, 2.45) is 11.3 Å². The van der Waals surface area contributed by atoms with E-state index in [2.05, 4.69) is 63.0 Å². The van der Waals surface area contributed by atoms with E-state index in [-0.39, 0.29) is 17.2 Å². The molecule has 0 aromatic carbocycles. The number of amides is 1. The van der Waals surface area contributed by atoms with Crippen molar-refractivity contribution in [3.05, 3.63) is 11.6 Å². The van der Waals surface area contributed by atoms with Gasteiger partial charge in [0.05, 0.1) is 0 Å². The summed E-state index contributed by atoms with van der Waals surface area (Å²) < 4.78 is 0. The smallest absolute Gasteiger partial charge is 0.223 e. The third kappa shape index (κ3) is 7.41. The molecule has 1 aliphatic rings. The lowest BCUT2D eigenvalue weighted by Gasteiger charge is -2.32. The number of likely N-dealkylation sites (tertiary alicyclic amines) is 1. The number of hydrogen-bond acceptors (Lipinski definition) is 3. The van der Waals surface area contributed by atoms with Crippen molar-refractivity contribution in [2.45, 2.75) is 40.5 Å². The fourth-order valence-corrected chi connectivity index (χ4v) is 3.07. The van der Waals surface area contributed by atoms with Crippen LogP contribution in [0.15, 0.2) is 11.6 Å². The zero-order valence-electron chi connectivity index (χ0n) is 15.4. The molecule has 0 spiro atoms. The van der Waals surface area contributed by atoms with E-state index in [1.807, 2.05) is 0 Å². The number of rotatable bonds is 7. The van der Waals surface area contributed by atoms with E-state index in [9.17, 15) is 4.79 Å². The Hall–Kier alpha value is -0.870. The van der Waals surface area contributed by atoms with Gasteiger partial charge in [0, 0.05) is 25.6 Å². The molecule has 1 amide bonds. The monoisotopic (exact) mass is 309 g/mol. The number of nitrogens with one attached hydrogen (secondary N) is 1. The number of hydrogen-bond donors (Lipinski definition) is 1. The SMILES string of the molecule is CC(C)=CCN1CCC(C(=O)NCC(C)(C)CN(C)C)CC1. The maximum Gasteiger partial charge on any atom is 0.223 e. The number of carbonyl (C=O) groups is 1. The number of piperidine rings is 1. The van der Waals surface area contributed by atoms with Crippen molar-refractivity contribution in [1.82, 2.24) is 15.1 Å². The molecule has 22 heavy (non-hydrogen) atoms. The summed E-state index contributed by atoms with van der Waals surface area (Å²) in [4.78, 5) is 17.0. The van der Waals surface area contributed by atoms with E-state index in [4.69, 9.17) is 0 Å². The van der Waals surface area contributed by atoms with Crippen LogP contribution in [0, 0.1) is 11.3 Å². The largest absolute Gasteiger partial charge is 0.355 e. The third-order valence-corrected chi connectivity index (χ3v) is 4.20. The molecule has 0 aromatic rings. The second kappa shape index (κ2) is 8.68. The molecule has 0 aliphatic carbocycles. The molecule has 1 saturated heterocycles. The summed E-state index contributed by atoms with van der Waals surface area (Å²) in [5.74, 6) is 0.437. The van der Waals surface area contributed by atoms with Gasteiger partial charge in [0.25, 0.3) is 0 Å². The topological polar surface area (TPSA) is 35.6 Å². The molecule has 128 valence electrons. The van der Waals surface area contributed by atoms with Gasteiger partial charge in [0.1, 0.15) is 0 Å². The first kappa shape index (κ1) is 19.2. The summed E-state index contributed by atoms with van der Waals surface area (Å²) in [5, 5.41) is 3.17. The minimum absolute atomic E-state index is 0.114. The van der Waals surface area contributed by atoms with Gasteiger partial charge in [-0.15, -0.1) is 0 Å². The van der Waals surface area contributed by atoms with Crippen molar-refractivity contribution in [1.29, 1.82) is 0 Å². The van der Waals surface area contributed by atoms with Gasteiger partial charge in [-0.05, 0) is 59.3 Å². The van der Waals surface area contributed by atoms with Gasteiger partial charge in [-0.3, -0.25) is 9.69 Å². The number of allylic oxidation sites excluding steroid dienone is 1. The molecule has 1 aliphatic heterocycles. The summed E-state index contributed by atoms with van der Waals surface area (Å²) in [6, 6.07) is 0. The third-order valence-electron chi connectivity index (χ3n) is 4.20. The van der Waals surface area contributed by atoms with Crippen molar-refractivity contribution < 1.29 is 4.79 Å². The summed E-state index contributed by atoms with van der Waals surface area (Å²) in [6.07, 6.45) is 4.23. The second-order valence-corrected chi connectivity index (χ2v) is 7.98. The van der Waals surface area contributed by atoms with Gasteiger partial charge in [0.2, 0.25) is 5.91 Å². The average molecular weight is 309 g/mol. The highest BCUT2D eigenvalue weighted by molar-refractivity contribution is 5.78. The van der Waals surface area contributed by atoms with Crippen LogP contribution in [0.1, 0.15) is 40.5 Å². The molecule has 0 aromatic heterocycles. The molecule has 1 heterocycles. The quantitative estimate of drug-likeness (QED) is 0.733. The van der Waals surface area contributed by atoms with E-state index in [1.165, 1.54) is 5.57 Å². The lowest BCUT2D eigenvalue weighted by atomic mass is 9.91. The zero-order valence-corrected chi connectivity index (χ0v) is 15.4. The van der Waals surface area contributed by atoms with Crippen LogP contribution in [0.2, 0.25) is 0 Å². The lowest BCUT2D eigenvalue weighted by Crippen LogP contribution is -2.44. The first-order chi connectivity index (χ1) is 10.2. The van der Waals surface area contributed by atoms with Crippen molar-refractivity contribution >= 4 is 5.91 Å². The van der Waals surface area contributed by atoms with Crippen LogP contribution < -0.4 is 5.32 Å². The maximum atomic E-state index is 12.3. The van der Waals surface area contributed by atoms with Crippen LogP contribution in [0.5, 0.6) is 0 Å². The molecule has 1 N–H and O–H groups in total. The molecular weight excluding hydrogens is 274 g/mol. The molecule has 4 heteroatoms. The molecule has 0 radical (unpaired) electrons. The Morgan fingerprint density at radius 1 is 1.27 bits per heavy atom. The molecule has 0 atom stereocenters. The van der Waals surface area contributed by atoms with E-state index in [0.29, 0.717) is 0 Å². The molecule has 1 rings (SSSR count). The fraction of sp³-hybridized carbons (Fsp3) is 0.833. The highest BCUT2D eigenvalue weighted by atomic mass is 16.1. The van der Waals surface area contributed by atoms with E-state index in [0.717, 1.165) is 45.6 Å². The maximum absolute atomic E-state index is 12.3. The standard InChI is InChI=1S/C18H35N3O/c1-15(2)7-10-21-11-8-16(9-12-21)17(22)19-13-18(3,4)14-20(5)6/h7,16H,8-14H2,1-6H3,(H,19,22). The van der Waals surface area contributed by atoms with Gasteiger partial charge < -0.3 is 10.2 Å². The molecule has 0 saturated carbocycles. The first-order valence-electron chi connectivity index (χ1n) is 8.48. The van der Waals surface area contributed by atoms with Crippen LogP contribution >= 0.6 is 0 Å². The predicted octanol–water partition coefficient (Wildman–Crippen LogP) is 2.37. The van der Waals surface area contributed by atoms with Crippen molar-refractivity contribution in [3.8, 4) is 0 Å². The molecule has 0 bridgehead atoms. The average Bonchev–Trinajstić information content (AvgIpc) is 2.42. The highest BCUT2D eigenvalue weighted by Gasteiger charge is 2.26. The minimum atomic E-state index is 0.114. The second-order valence-electron chi connectivity index (χ2n) is 7.98.